The van der Waals surface area contributed by atoms with Gasteiger partial charge in [0.1, 0.15) is 6.61 Å². The van der Waals surface area contributed by atoms with E-state index in [1.165, 1.54) is 35.7 Å². The van der Waals surface area contributed by atoms with Crippen LogP contribution in [0.3, 0.4) is 0 Å². The molecule has 0 spiro atoms. The summed E-state index contributed by atoms with van der Waals surface area (Å²) in [6.45, 7) is 6.57. The molecule has 1 aliphatic heterocycles. The summed E-state index contributed by atoms with van der Waals surface area (Å²) in [7, 11) is 0. The van der Waals surface area contributed by atoms with Gasteiger partial charge < -0.3 is 19.3 Å². The summed E-state index contributed by atoms with van der Waals surface area (Å²) in [6.07, 6.45) is 8.48. The lowest BCUT2D eigenvalue weighted by atomic mass is 9.89. The van der Waals surface area contributed by atoms with Gasteiger partial charge in [-0.3, -0.25) is 0 Å². The molecule has 0 saturated carbocycles. The van der Waals surface area contributed by atoms with Crippen molar-refractivity contribution in [2.75, 3.05) is 32.8 Å². The molecule has 5 nitrogen and oxygen atoms in total. The number of aromatic nitrogens is 1. The Bertz CT molecular complexity index is 732. The number of hydrogen-bond donors (Lipinski definition) is 1. The number of nitrogens with zero attached hydrogens (tertiary/aromatic N) is 2. The molecule has 1 aliphatic rings. The number of hydrogen-bond acceptors (Lipinski definition) is 3. The Kier molecular flexibility index (Phi) is 7.30. The number of unbranched alkanes of at least 4 members (excludes halogenated alkanes) is 2. The van der Waals surface area contributed by atoms with Gasteiger partial charge in [0.05, 0.1) is 6.61 Å². The van der Waals surface area contributed by atoms with Crippen molar-refractivity contribution in [3.8, 4) is 0 Å². The van der Waals surface area contributed by atoms with Crippen molar-refractivity contribution in [1.82, 2.24) is 9.47 Å². The SMILES string of the molecule is CCCCCn1cc(C2CCN(CCOCC(=O)O)CC2)c2ccccc21. The van der Waals surface area contributed by atoms with Crippen LogP contribution >= 0.6 is 0 Å². The van der Waals surface area contributed by atoms with Gasteiger partial charge in [-0.05, 0) is 49.9 Å². The first-order valence-electron chi connectivity index (χ1n) is 10.3. The van der Waals surface area contributed by atoms with Crippen LogP contribution in [0.4, 0.5) is 0 Å². The second kappa shape index (κ2) is 9.90. The molecule has 5 heteroatoms. The minimum absolute atomic E-state index is 0.200. The lowest BCUT2D eigenvalue weighted by Gasteiger charge is -2.31. The molecule has 1 aromatic heterocycles. The number of carboxylic acids is 1. The predicted octanol–water partition coefficient (Wildman–Crippen LogP) is 4.11. The third kappa shape index (κ3) is 5.33. The van der Waals surface area contributed by atoms with Crippen molar-refractivity contribution < 1.29 is 14.6 Å². The number of benzene rings is 1. The fraction of sp³-hybridized carbons (Fsp3) is 0.591. The summed E-state index contributed by atoms with van der Waals surface area (Å²) in [4.78, 5) is 12.9. The monoisotopic (exact) mass is 372 g/mol. The summed E-state index contributed by atoms with van der Waals surface area (Å²) in [5.41, 5.74) is 2.87. The molecule has 2 aromatic rings. The van der Waals surface area contributed by atoms with Crippen molar-refractivity contribution in [1.29, 1.82) is 0 Å². The third-order valence-corrected chi connectivity index (χ3v) is 5.63. The van der Waals surface area contributed by atoms with E-state index in [0.29, 0.717) is 12.5 Å². The Morgan fingerprint density at radius 3 is 2.70 bits per heavy atom. The summed E-state index contributed by atoms with van der Waals surface area (Å²) in [6, 6.07) is 8.81. The quantitative estimate of drug-likeness (QED) is 0.638. The maximum Gasteiger partial charge on any atom is 0.329 e. The van der Waals surface area contributed by atoms with E-state index in [0.717, 1.165) is 39.0 Å². The van der Waals surface area contributed by atoms with E-state index in [4.69, 9.17) is 9.84 Å². The van der Waals surface area contributed by atoms with Gasteiger partial charge in [0.2, 0.25) is 0 Å². The number of fused-ring (bicyclic) bond motifs is 1. The molecule has 1 aromatic carbocycles. The van der Waals surface area contributed by atoms with Gasteiger partial charge in [-0.1, -0.05) is 38.0 Å². The van der Waals surface area contributed by atoms with Crippen molar-refractivity contribution in [3.63, 3.8) is 0 Å². The van der Waals surface area contributed by atoms with Crippen LogP contribution in [0.25, 0.3) is 10.9 Å². The van der Waals surface area contributed by atoms with Gasteiger partial charge in [0.15, 0.2) is 0 Å². The largest absolute Gasteiger partial charge is 0.480 e. The van der Waals surface area contributed by atoms with Gasteiger partial charge >= 0.3 is 5.97 Å². The Morgan fingerprint density at radius 2 is 1.96 bits per heavy atom. The van der Waals surface area contributed by atoms with E-state index in [1.807, 2.05) is 0 Å². The highest BCUT2D eigenvalue weighted by atomic mass is 16.5. The highest BCUT2D eigenvalue weighted by molar-refractivity contribution is 5.84. The fourth-order valence-electron chi connectivity index (χ4n) is 4.14. The average Bonchev–Trinajstić information content (AvgIpc) is 3.05. The minimum Gasteiger partial charge on any atom is -0.480 e. The number of rotatable bonds is 10. The number of likely N-dealkylation sites (tertiary alicyclic amines) is 1. The van der Waals surface area contributed by atoms with E-state index in [-0.39, 0.29) is 6.61 Å². The lowest BCUT2D eigenvalue weighted by Crippen LogP contribution is -2.35. The molecule has 0 atom stereocenters. The number of carboxylic acid groups (broad SMARTS) is 1. The molecule has 27 heavy (non-hydrogen) atoms. The van der Waals surface area contributed by atoms with Crippen molar-refractivity contribution in [3.05, 3.63) is 36.0 Å². The van der Waals surface area contributed by atoms with Crippen LogP contribution in [-0.2, 0) is 16.1 Å². The summed E-state index contributed by atoms with van der Waals surface area (Å²) >= 11 is 0. The van der Waals surface area contributed by atoms with E-state index in [2.05, 4.69) is 46.9 Å². The van der Waals surface area contributed by atoms with Gasteiger partial charge in [-0.2, -0.15) is 0 Å². The number of aliphatic carboxylic acids is 1. The number of aryl methyl sites for hydroxylation is 1. The van der Waals surface area contributed by atoms with Crippen LogP contribution in [0.15, 0.2) is 30.5 Å². The lowest BCUT2D eigenvalue weighted by molar-refractivity contribution is -0.142. The molecule has 1 N–H and O–H groups in total. The van der Waals surface area contributed by atoms with Gasteiger partial charge in [0, 0.05) is 30.2 Å². The molecule has 1 saturated heterocycles. The number of ether oxygens (including phenoxy) is 1. The van der Waals surface area contributed by atoms with E-state index in [9.17, 15) is 4.79 Å². The molecule has 0 radical (unpaired) electrons. The first-order valence-corrected chi connectivity index (χ1v) is 10.3. The van der Waals surface area contributed by atoms with Crippen LogP contribution in [0.2, 0.25) is 0 Å². The maximum absolute atomic E-state index is 10.5. The molecule has 0 amide bonds. The predicted molar refractivity (Wildman–Crippen MR) is 108 cm³/mol. The van der Waals surface area contributed by atoms with E-state index < -0.39 is 5.97 Å². The zero-order chi connectivity index (χ0) is 19.1. The van der Waals surface area contributed by atoms with Crippen molar-refractivity contribution >= 4 is 16.9 Å². The van der Waals surface area contributed by atoms with Crippen LogP contribution in [-0.4, -0.2) is 53.4 Å². The van der Waals surface area contributed by atoms with Gasteiger partial charge in [-0.15, -0.1) is 0 Å². The smallest absolute Gasteiger partial charge is 0.329 e. The van der Waals surface area contributed by atoms with Crippen LogP contribution in [0.5, 0.6) is 0 Å². The standard InChI is InChI=1S/C22H32N2O3/c1-2-3-6-11-24-16-20(19-7-4-5-8-21(19)24)18-9-12-23(13-10-18)14-15-27-17-22(25)26/h4-5,7-8,16,18H,2-3,6,9-15,17H2,1H3,(H,25,26). The highest BCUT2D eigenvalue weighted by Crippen LogP contribution is 2.34. The zero-order valence-electron chi connectivity index (χ0n) is 16.4. The molecule has 0 aliphatic carbocycles. The molecule has 0 bridgehead atoms. The summed E-state index contributed by atoms with van der Waals surface area (Å²) in [5.74, 6) is -0.289. The Labute approximate surface area is 161 Å². The van der Waals surface area contributed by atoms with Crippen LogP contribution < -0.4 is 0 Å². The molecule has 148 valence electrons. The van der Waals surface area contributed by atoms with Crippen LogP contribution in [0, 0.1) is 0 Å². The average molecular weight is 373 g/mol. The normalized spacial score (nSPS) is 16.2. The molecule has 0 unspecified atom stereocenters. The molecule has 1 fully saturated rings. The number of para-hydroxylation sites is 1. The zero-order valence-corrected chi connectivity index (χ0v) is 16.4. The summed E-state index contributed by atoms with van der Waals surface area (Å²) < 4.78 is 7.62. The Balaban J connectivity index is 1.59. The van der Waals surface area contributed by atoms with Gasteiger partial charge in [0.25, 0.3) is 0 Å². The van der Waals surface area contributed by atoms with E-state index >= 15 is 0 Å². The second-order valence-corrected chi connectivity index (χ2v) is 7.56. The van der Waals surface area contributed by atoms with E-state index in [1.54, 1.807) is 0 Å². The van der Waals surface area contributed by atoms with Crippen molar-refractivity contribution in [2.45, 2.75) is 51.5 Å². The first-order chi connectivity index (χ1) is 13.2. The summed E-state index contributed by atoms with van der Waals surface area (Å²) in [5, 5.41) is 10.0. The molecular weight excluding hydrogens is 340 g/mol. The Hall–Kier alpha value is -1.85. The molecular formula is C22H32N2O3. The second-order valence-electron chi connectivity index (χ2n) is 7.56. The third-order valence-electron chi connectivity index (χ3n) is 5.63. The molecule has 3 rings (SSSR count). The fourth-order valence-corrected chi connectivity index (χ4v) is 4.14. The minimum atomic E-state index is -0.899. The highest BCUT2D eigenvalue weighted by Gasteiger charge is 2.23. The first kappa shape index (κ1) is 19.9. The van der Waals surface area contributed by atoms with Crippen molar-refractivity contribution in [2.24, 2.45) is 0 Å². The number of carbonyl (C=O) groups is 1. The topological polar surface area (TPSA) is 54.7 Å². The number of piperidine rings is 1. The molecule has 2 heterocycles. The van der Waals surface area contributed by atoms with Crippen LogP contribution in [0.1, 0.15) is 50.5 Å². The van der Waals surface area contributed by atoms with Gasteiger partial charge in [-0.25, -0.2) is 4.79 Å². The maximum atomic E-state index is 10.5. The Morgan fingerprint density at radius 1 is 1.19 bits per heavy atom.